The molecule has 2 aromatic rings. The van der Waals surface area contributed by atoms with Gasteiger partial charge in [-0.15, -0.1) is 0 Å². The summed E-state index contributed by atoms with van der Waals surface area (Å²) in [5.74, 6) is 0.305. The van der Waals surface area contributed by atoms with Crippen LogP contribution in [0.5, 0.6) is 0 Å². The molecular formula is C29H38N4O5S. The van der Waals surface area contributed by atoms with Gasteiger partial charge in [-0.2, -0.15) is 5.26 Å². The number of nitriles is 1. The van der Waals surface area contributed by atoms with Crippen LogP contribution in [0.4, 0.5) is 21.9 Å². The summed E-state index contributed by atoms with van der Waals surface area (Å²) in [5.41, 5.74) is 2.62. The molecule has 0 aliphatic carbocycles. The van der Waals surface area contributed by atoms with Crippen molar-refractivity contribution in [2.45, 2.75) is 70.0 Å². The van der Waals surface area contributed by atoms with Gasteiger partial charge in [-0.05, 0) is 61.7 Å². The maximum Gasteiger partial charge on any atom is 0.323 e. The lowest BCUT2D eigenvalue weighted by molar-refractivity contribution is -0.144. The fraction of sp³-hybridized carbons (Fsp3) is 0.483. The molecule has 2 aromatic carbocycles. The van der Waals surface area contributed by atoms with Crippen LogP contribution in [0.15, 0.2) is 42.5 Å². The third-order valence-corrected chi connectivity index (χ3v) is 7.76. The van der Waals surface area contributed by atoms with Crippen LogP contribution in [-0.4, -0.2) is 52.3 Å². The van der Waals surface area contributed by atoms with Gasteiger partial charge in [0.1, 0.15) is 0 Å². The molecule has 0 radical (unpaired) electrons. The molecule has 0 spiro atoms. The number of thioether (sulfide) groups is 1. The van der Waals surface area contributed by atoms with E-state index >= 15 is 0 Å². The Bertz CT molecular complexity index is 1190. The fourth-order valence-electron chi connectivity index (χ4n) is 4.73. The Labute approximate surface area is 234 Å². The van der Waals surface area contributed by atoms with E-state index in [0.717, 1.165) is 35.9 Å². The van der Waals surface area contributed by atoms with Gasteiger partial charge in [0.05, 0.1) is 36.0 Å². The van der Waals surface area contributed by atoms with Crippen LogP contribution in [0.25, 0.3) is 0 Å². The highest BCUT2D eigenvalue weighted by molar-refractivity contribution is 8.00. The summed E-state index contributed by atoms with van der Waals surface area (Å²) in [6, 6.07) is 13.8. The van der Waals surface area contributed by atoms with Crippen molar-refractivity contribution in [1.82, 2.24) is 0 Å². The van der Waals surface area contributed by atoms with Crippen LogP contribution in [-0.2, 0) is 14.9 Å². The van der Waals surface area contributed by atoms with E-state index in [0.29, 0.717) is 35.8 Å². The van der Waals surface area contributed by atoms with E-state index in [1.165, 1.54) is 0 Å². The maximum absolute atomic E-state index is 13.1. The Kier molecular flexibility index (Phi) is 10.2. The molecule has 2 amide bonds. The van der Waals surface area contributed by atoms with E-state index in [1.807, 2.05) is 32.0 Å². The number of urea groups is 1. The number of anilines is 3. The predicted octanol–water partition coefficient (Wildman–Crippen LogP) is 5.18. The molecule has 0 saturated carbocycles. The average molecular weight is 555 g/mol. The molecule has 1 atom stereocenters. The van der Waals surface area contributed by atoms with Crippen molar-refractivity contribution in [2.75, 3.05) is 34.4 Å². The van der Waals surface area contributed by atoms with Crippen molar-refractivity contribution in [2.24, 2.45) is 0 Å². The zero-order valence-electron chi connectivity index (χ0n) is 23.0. The number of nitrogens with zero attached hydrogens (tertiary/aromatic N) is 2. The number of hydrogen-bond acceptors (Lipinski definition) is 8. The third kappa shape index (κ3) is 8.36. The van der Waals surface area contributed by atoms with Crippen molar-refractivity contribution in [1.29, 1.82) is 5.26 Å². The maximum atomic E-state index is 13.1. The molecule has 9 nitrogen and oxygen atoms in total. The Morgan fingerprint density at radius 3 is 2.51 bits per heavy atom. The number of rotatable bonds is 10. The second-order valence-electron chi connectivity index (χ2n) is 10.3. The number of aliphatic hydroxyl groups is 2. The minimum atomic E-state index is -1.81. The van der Waals surface area contributed by atoms with Gasteiger partial charge in [-0.3, -0.25) is 4.79 Å². The number of nitrogens with one attached hydrogen (secondary N) is 2. The van der Waals surface area contributed by atoms with Crippen LogP contribution in [0.2, 0.25) is 0 Å². The summed E-state index contributed by atoms with van der Waals surface area (Å²) in [7, 11) is 0. The monoisotopic (exact) mass is 554 g/mol. The first-order chi connectivity index (χ1) is 18.5. The van der Waals surface area contributed by atoms with Gasteiger partial charge in [0.15, 0.2) is 0 Å². The molecule has 0 bridgehead atoms. The van der Waals surface area contributed by atoms with Crippen LogP contribution in [0.3, 0.4) is 0 Å². The molecule has 1 aliphatic heterocycles. The predicted molar refractivity (Wildman–Crippen MR) is 155 cm³/mol. The number of ether oxygens (including phenoxy) is 1. The minimum absolute atomic E-state index is 0.137. The van der Waals surface area contributed by atoms with E-state index < -0.39 is 16.6 Å². The summed E-state index contributed by atoms with van der Waals surface area (Å²) in [6.07, 6.45) is 1.93. The number of carbonyl (C=O) groups is 2. The first-order valence-electron chi connectivity index (χ1n) is 13.2. The second-order valence-corrected chi connectivity index (χ2v) is 11.6. The number of benzene rings is 2. The van der Waals surface area contributed by atoms with Crippen molar-refractivity contribution in [3.05, 3.63) is 53.6 Å². The standard InChI is InChI=1S/C29H38N4O5S/c1-5-14-33(23-13-15-39-29(36,37)17-23)25-12-9-21(28(3,4)18-26(34)38-6-2)16-24(25)32-27(35)31-22-10-7-20(19-30)8-11-22/h7-12,16,23,36-37H,5-6,13-15,17-18H2,1-4H3,(H2,31,32,35). The number of hydrogen-bond donors (Lipinski definition) is 4. The fourth-order valence-corrected chi connectivity index (χ4v) is 5.76. The van der Waals surface area contributed by atoms with Gasteiger partial charge in [0, 0.05) is 35.9 Å². The molecule has 4 N–H and O–H groups in total. The minimum Gasteiger partial charge on any atom is -0.466 e. The molecule has 1 unspecified atom stereocenters. The molecule has 3 rings (SSSR count). The lowest BCUT2D eigenvalue weighted by atomic mass is 9.81. The first-order valence-corrected chi connectivity index (χ1v) is 14.2. The van der Waals surface area contributed by atoms with Crippen molar-refractivity contribution in [3.8, 4) is 6.07 Å². The summed E-state index contributed by atoms with van der Waals surface area (Å²) >= 11 is 1.13. The highest BCUT2D eigenvalue weighted by Crippen LogP contribution is 2.40. The summed E-state index contributed by atoms with van der Waals surface area (Å²) in [4.78, 5) is 27.5. The van der Waals surface area contributed by atoms with E-state index in [2.05, 4.69) is 28.5 Å². The molecule has 10 heteroatoms. The van der Waals surface area contributed by atoms with Gasteiger partial charge in [-0.1, -0.05) is 38.6 Å². The topological polar surface area (TPSA) is 135 Å². The Morgan fingerprint density at radius 2 is 1.90 bits per heavy atom. The Balaban J connectivity index is 1.97. The molecule has 210 valence electrons. The molecule has 39 heavy (non-hydrogen) atoms. The summed E-state index contributed by atoms with van der Waals surface area (Å²) < 4.78 is 5.17. The van der Waals surface area contributed by atoms with Crippen LogP contribution < -0.4 is 15.5 Å². The van der Waals surface area contributed by atoms with Crippen molar-refractivity contribution >= 4 is 40.8 Å². The lowest BCUT2D eigenvalue weighted by Gasteiger charge is -2.41. The molecule has 0 aromatic heterocycles. The zero-order chi connectivity index (χ0) is 28.6. The van der Waals surface area contributed by atoms with Crippen molar-refractivity contribution in [3.63, 3.8) is 0 Å². The second kappa shape index (κ2) is 13.2. The number of esters is 1. The summed E-state index contributed by atoms with van der Waals surface area (Å²) in [5, 5.41) is 33.7. The van der Waals surface area contributed by atoms with E-state index in [-0.39, 0.29) is 24.9 Å². The first kappa shape index (κ1) is 30.3. The van der Waals surface area contributed by atoms with Crippen LogP contribution >= 0.6 is 11.8 Å². The third-order valence-electron chi connectivity index (χ3n) is 6.69. The van der Waals surface area contributed by atoms with Gasteiger partial charge >= 0.3 is 12.0 Å². The molecule has 1 aliphatic rings. The SMILES string of the molecule is CCCN(c1ccc(C(C)(C)CC(=O)OCC)cc1NC(=O)Nc1ccc(C#N)cc1)C1CCSC(O)(O)C1. The van der Waals surface area contributed by atoms with Crippen LogP contribution in [0.1, 0.15) is 64.5 Å². The highest BCUT2D eigenvalue weighted by atomic mass is 32.2. The molecule has 1 heterocycles. The zero-order valence-corrected chi connectivity index (χ0v) is 23.8. The quantitative estimate of drug-likeness (QED) is 0.233. The van der Waals surface area contributed by atoms with Crippen molar-refractivity contribution < 1.29 is 24.5 Å². The normalized spacial score (nSPS) is 16.6. The van der Waals surface area contributed by atoms with E-state index in [1.54, 1.807) is 31.2 Å². The number of amides is 2. The molecular weight excluding hydrogens is 516 g/mol. The van der Waals surface area contributed by atoms with Gasteiger partial charge in [-0.25, -0.2) is 4.79 Å². The Morgan fingerprint density at radius 1 is 1.18 bits per heavy atom. The lowest BCUT2D eigenvalue weighted by Crippen LogP contribution is -2.45. The summed E-state index contributed by atoms with van der Waals surface area (Å²) in [6.45, 7) is 8.69. The highest BCUT2D eigenvalue weighted by Gasteiger charge is 2.36. The van der Waals surface area contributed by atoms with Gasteiger partial charge in [0.25, 0.3) is 0 Å². The molecule has 1 fully saturated rings. The molecule has 1 saturated heterocycles. The smallest absolute Gasteiger partial charge is 0.323 e. The van der Waals surface area contributed by atoms with Crippen LogP contribution in [0, 0.1) is 11.3 Å². The van der Waals surface area contributed by atoms with E-state index in [9.17, 15) is 19.8 Å². The van der Waals surface area contributed by atoms with Gasteiger partial charge < -0.3 is 30.5 Å². The Hall–Kier alpha value is -3.26. The average Bonchev–Trinajstić information content (AvgIpc) is 2.87. The van der Waals surface area contributed by atoms with Gasteiger partial charge in [0.2, 0.25) is 5.12 Å². The largest absolute Gasteiger partial charge is 0.466 e. The number of carbonyl (C=O) groups excluding carboxylic acids is 2. The van der Waals surface area contributed by atoms with E-state index in [4.69, 9.17) is 10.00 Å².